The third-order valence-electron chi connectivity index (χ3n) is 6.44. The SMILES string of the molecule is CCOc1cc2ncnc(Nc3ccc(F)c(Cl)c3)c2cc1C(C)(C)N1CCC(OC)CC1. The van der Waals surface area contributed by atoms with Crippen molar-refractivity contribution in [3.8, 4) is 5.75 Å². The van der Waals surface area contributed by atoms with Crippen LogP contribution in [0, 0.1) is 5.82 Å². The number of fused-ring (bicyclic) bond motifs is 1. The van der Waals surface area contributed by atoms with Crippen molar-refractivity contribution in [2.45, 2.75) is 45.3 Å². The van der Waals surface area contributed by atoms with Crippen LogP contribution >= 0.6 is 11.6 Å². The van der Waals surface area contributed by atoms with Crippen molar-refractivity contribution in [2.75, 3.05) is 32.1 Å². The van der Waals surface area contributed by atoms with Gasteiger partial charge in [0, 0.05) is 48.4 Å². The fourth-order valence-electron chi connectivity index (χ4n) is 4.47. The van der Waals surface area contributed by atoms with Crippen LogP contribution in [0.1, 0.15) is 39.2 Å². The molecule has 6 nitrogen and oxygen atoms in total. The van der Waals surface area contributed by atoms with Crippen molar-refractivity contribution in [3.63, 3.8) is 0 Å². The molecule has 1 aromatic heterocycles. The number of hydrogen-bond donors (Lipinski definition) is 1. The van der Waals surface area contributed by atoms with Crippen LogP contribution < -0.4 is 10.1 Å². The fourth-order valence-corrected chi connectivity index (χ4v) is 4.65. The Morgan fingerprint density at radius 3 is 2.61 bits per heavy atom. The molecule has 0 atom stereocenters. The van der Waals surface area contributed by atoms with Crippen molar-refractivity contribution in [1.29, 1.82) is 0 Å². The highest BCUT2D eigenvalue weighted by Gasteiger charge is 2.35. The van der Waals surface area contributed by atoms with Gasteiger partial charge in [0.25, 0.3) is 0 Å². The molecular formula is C25H30ClFN4O2. The van der Waals surface area contributed by atoms with Crippen LogP contribution in [0.4, 0.5) is 15.9 Å². The van der Waals surface area contributed by atoms with Crippen LogP contribution in [0.25, 0.3) is 10.9 Å². The van der Waals surface area contributed by atoms with Crippen molar-refractivity contribution in [3.05, 3.63) is 53.1 Å². The first-order valence-electron chi connectivity index (χ1n) is 11.3. The van der Waals surface area contributed by atoms with E-state index in [-0.39, 0.29) is 10.6 Å². The first-order chi connectivity index (χ1) is 15.8. The van der Waals surface area contributed by atoms with Gasteiger partial charge in [-0.3, -0.25) is 4.90 Å². The van der Waals surface area contributed by atoms with Gasteiger partial charge in [0.1, 0.15) is 23.7 Å². The van der Waals surface area contributed by atoms with Gasteiger partial charge in [-0.05, 0) is 57.9 Å². The van der Waals surface area contributed by atoms with E-state index in [1.807, 2.05) is 13.0 Å². The van der Waals surface area contributed by atoms with Crippen LogP contribution in [0.5, 0.6) is 5.75 Å². The van der Waals surface area contributed by atoms with Crippen LogP contribution in [-0.2, 0) is 10.3 Å². The molecule has 176 valence electrons. The second-order valence-corrected chi connectivity index (χ2v) is 9.16. The molecule has 1 saturated heterocycles. The van der Waals surface area contributed by atoms with Crippen molar-refractivity contribution in [2.24, 2.45) is 0 Å². The summed E-state index contributed by atoms with van der Waals surface area (Å²) in [5.41, 5.74) is 2.21. The first-order valence-corrected chi connectivity index (χ1v) is 11.6. The van der Waals surface area contributed by atoms with E-state index in [0.29, 0.717) is 24.2 Å². The number of rotatable bonds is 7. The number of halogens is 2. The molecule has 0 bridgehead atoms. The number of likely N-dealkylation sites (tertiary alicyclic amines) is 1. The van der Waals surface area contributed by atoms with E-state index in [4.69, 9.17) is 21.1 Å². The minimum Gasteiger partial charge on any atom is -0.493 e. The highest BCUT2D eigenvalue weighted by Crippen LogP contribution is 2.40. The van der Waals surface area contributed by atoms with Crippen molar-refractivity contribution in [1.82, 2.24) is 14.9 Å². The Bertz CT molecular complexity index is 1130. The quantitative estimate of drug-likeness (QED) is 0.461. The molecule has 2 aromatic carbocycles. The molecule has 1 fully saturated rings. The molecule has 1 N–H and O–H groups in total. The average molecular weight is 473 g/mol. The van der Waals surface area contributed by atoms with Gasteiger partial charge in [0.05, 0.1) is 23.3 Å². The largest absolute Gasteiger partial charge is 0.493 e. The van der Waals surface area contributed by atoms with E-state index < -0.39 is 5.82 Å². The van der Waals surface area contributed by atoms with Gasteiger partial charge in [-0.15, -0.1) is 0 Å². The van der Waals surface area contributed by atoms with Gasteiger partial charge in [0.2, 0.25) is 0 Å². The number of methoxy groups -OCH3 is 1. The van der Waals surface area contributed by atoms with Gasteiger partial charge < -0.3 is 14.8 Å². The van der Waals surface area contributed by atoms with E-state index in [0.717, 1.165) is 48.1 Å². The second-order valence-electron chi connectivity index (χ2n) is 8.76. The maximum absolute atomic E-state index is 13.6. The Morgan fingerprint density at radius 2 is 1.94 bits per heavy atom. The third-order valence-corrected chi connectivity index (χ3v) is 6.73. The molecule has 8 heteroatoms. The molecule has 0 amide bonds. The zero-order chi connectivity index (χ0) is 23.6. The number of nitrogens with zero attached hydrogens (tertiary/aromatic N) is 3. The summed E-state index contributed by atoms with van der Waals surface area (Å²) in [6.45, 7) is 8.88. The number of aromatic nitrogens is 2. The number of anilines is 2. The summed E-state index contributed by atoms with van der Waals surface area (Å²) in [6, 6.07) is 8.59. The summed E-state index contributed by atoms with van der Waals surface area (Å²) in [7, 11) is 1.78. The van der Waals surface area contributed by atoms with E-state index in [1.54, 1.807) is 19.2 Å². The summed E-state index contributed by atoms with van der Waals surface area (Å²) in [4.78, 5) is 11.4. The zero-order valence-corrected chi connectivity index (χ0v) is 20.2. The summed E-state index contributed by atoms with van der Waals surface area (Å²) >= 11 is 5.97. The maximum atomic E-state index is 13.6. The standard InChI is InChI=1S/C25H30ClFN4O2/c1-5-33-23-14-22-18(13-19(23)25(2,3)31-10-8-17(32-4)9-11-31)24(29-15-28-22)30-16-6-7-21(27)20(26)12-16/h6-7,12-15,17H,5,8-11H2,1-4H3,(H,28,29,30). The van der Waals surface area contributed by atoms with Crippen LogP contribution in [-0.4, -0.2) is 47.8 Å². The molecule has 0 aliphatic carbocycles. The summed E-state index contributed by atoms with van der Waals surface area (Å²) < 4.78 is 25.2. The lowest BCUT2D eigenvalue weighted by Gasteiger charge is -2.43. The summed E-state index contributed by atoms with van der Waals surface area (Å²) in [6.07, 6.45) is 3.82. The van der Waals surface area contributed by atoms with Crippen LogP contribution in [0.3, 0.4) is 0 Å². The zero-order valence-electron chi connectivity index (χ0n) is 19.5. The molecule has 1 aliphatic heterocycles. The molecule has 0 unspecified atom stereocenters. The molecule has 3 aromatic rings. The Balaban J connectivity index is 1.75. The second kappa shape index (κ2) is 9.79. The van der Waals surface area contributed by atoms with Gasteiger partial charge >= 0.3 is 0 Å². The number of piperidine rings is 1. The normalized spacial score (nSPS) is 15.7. The number of benzene rings is 2. The Morgan fingerprint density at radius 1 is 1.18 bits per heavy atom. The monoisotopic (exact) mass is 472 g/mol. The molecule has 0 saturated carbocycles. The molecular weight excluding hydrogens is 443 g/mol. The molecule has 33 heavy (non-hydrogen) atoms. The highest BCUT2D eigenvalue weighted by molar-refractivity contribution is 6.31. The summed E-state index contributed by atoms with van der Waals surface area (Å²) in [5, 5.41) is 4.18. The fraction of sp³-hybridized carbons (Fsp3) is 0.440. The lowest BCUT2D eigenvalue weighted by Crippen LogP contribution is -2.47. The predicted molar refractivity (Wildman–Crippen MR) is 130 cm³/mol. The van der Waals surface area contributed by atoms with Gasteiger partial charge in [-0.25, -0.2) is 14.4 Å². The van der Waals surface area contributed by atoms with E-state index >= 15 is 0 Å². The molecule has 0 spiro atoms. The van der Waals surface area contributed by atoms with Gasteiger partial charge in [-0.2, -0.15) is 0 Å². The maximum Gasteiger partial charge on any atom is 0.141 e. The Hall–Kier alpha value is -2.48. The number of nitrogens with one attached hydrogen (secondary N) is 1. The average Bonchev–Trinajstić information content (AvgIpc) is 2.81. The lowest BCUT2D eigenvalue weighted by atomic mass is 9.88. The van der Waals surface area contributed by atoms with E-state index in [1.165, 1.54) is 12.4 Å². The third kappa shape index (κ3) is 4.90. The van der Waals surface area contributed by atoms with Gasteiger partial charge in [-0.1, -0.05) is 11.6 Å². The lowest BCUT2D eigenvalue weighted by molar-refractivity contribution is 0.00441. The first kappa shape index (κ1) is 23.7. The smallest absolute Gasteiger partial charge is 0.141 e. The molecule has 4 rings (SSSR count). The van der Waals surface area contributed by atoms with Crippen LogP contribution in [0.15, 0.2) is 36.7 Å². The van der Waals surface area contributed by atoms with E-state index in [2.05, 4.69) is 40.1 Å². The highest BCUT2D eigenvalue weighted by atomic mass is 35.5. The molecule has 1 aliphatic rings. The van der Waals surface area contributed by atoms with Crippen molar-refractivity contribution < 1.29 is 13.9 Å². The minimum atomic E-state index is -0.461. The topological polar surface area (TPSA) is 59.5 Å². The van der Waals surface area contributed by atoms with Crippen LogP contribution in [0.2, 0.25) is 5.02 Å². The molecule has 0 radical (unpaired) electrons. The molecule has 2 heterocycles. The van der Waals surface area contributed by atoms with E-state index in [9.17, 15) is 4.39 Å². The summed E-state index contributed by atoms with van der Waals surface area (Å²) in [5.74, 6) is 0.983. The Kier molecular flexibility index (Phi) is 7.02. The number of hydrogen-bond acceptors (Lipinski definition) is 6. The Labute approximate surface area is 199 Å². The number of ether oxygens (including phenoxy) is 2. The minimum absolute atomic E-state index is 0.0540. The van der Waals surface area contributed by atoms with Gasteiger partial charge in [0.15, 0.2) is 0 Å². The predicted octanol–water partition coefficient (Wildman–Crippen LogP) is 5.91. The van der Waals surface area contributed by atoms with Crippen molar-refractivity contribution >= 4 is 34.0 Å².